The topological polar surface area (TPSA) is 91.6 Å². The summed E-state index contributed by atoms with van der Waals surface area (Å²) in [6, 6.07) is 6.75. The maximum absolute atomic E-state index is 12.0. The molecule has 2 aromatic heterocycles. The lowest BCUT2D eigenvalue weighted by molar-refractivity contribution is -0.117. The highest BCUT2D eigenvalue weighted by atomic mass is 32.1. The molecule has 2 rings (SSSR count). The van der Waals surface area contributed by atoms with Gasteiger partial charge in [-0.1, -0.05) is 6.07 Å². The van der Waals surface area contributed by atoms with Crippen LogP contribution >= 0.6 is 11.3 Å². The summed E-state index contributed by atoms with van der Waals surface area (Å²) in [5.74, 6) is -0.428. The van der Waals surface area contributed by atoms with Gasteiger partial charge >= 0.3 is 0 Å². The fourth-order valence-electron chi connectivity index (χ4n) is 1.53. The number of hydrogen-bond acceptors (Lipinski definition) is 5. The van der Waals surface area contributed by atoms with Gasteiger partial charge in [0.25, 0.3) is 11.8 Å². The van der Waals surface area contributed by atoms with Crippen LogP contribution in [-0.2, 0) is 4.79 Å². The van der Waals surface area contributed by atoms with E-state index >= 15 is 0 Å². The zero-order valence-electron chi connectivity index (χ0n) is 11.0. The van der Waals surface area contributed by atoms with Gasteiger partial charge in [-0.25, -0.2) is 0 Å². The van der Waals surface area contributed by atoms with Gasteiger partial charge in [0.1, 0.15) is 11.5 Å². The van der Waals surface area contributed by atoms with Crippen LogP contribution < -0.4 is 10.6 Å². The fraction of sp³-hybridized carbons (Fsp3) is 0.143. The first-order valence-electron chi connectivity index (χ1n) is 6.20. The van der Waals surface area contributed by atoms with Crippen molar-refractivity contribution in [3.05, 3.63) is 52.2 Å². The molecule has 3 N–H and O–H groups in total. The van der Waals surface area contributed by atoms with E-state index in [1.807, 2.05) is 0 Å². The van der Waals surface area contributed by atoms with Crippen molar-refractivity contribution in [3.63, 3.8) is 0 Å². The molecule has 0 aliphatic carbocycles. The van der Waals surface area contributed by atoms with Crippen molar-refractivity contribution in [2.45, 2.75) is 0 Å². The molecule has 0 radical (unpaired) electrons. The molecular formula is C14H14N2O4S. The third kappa shape index (κ3) is 4.30. The normalized spacial score (nSPS) is 11.2. The molecule has 2 aromatic rings. The highest BCUT2D eigenvalue weighted by Gasteiger charge is 2.15. The quantitative estimate of drug-likeness (QED) is 0.700. The van der Waals surface area contributed by atoms with Crippen molar-refractivity contribution in [2.75, 3.05) is 13.2 Å². The molecule has 0 bridgehead atoms. The number of carbonyl (C=O) groups excluding carboxylic acids is 2. The predicted molar refractivity (Wildman–Crippen MR) is 78.6 cm³/mol. The van der Waals surface area contributed by atoms with Crippen molar-refractivity contribution in [3.8, 4) is 0 Å². The molecule has 7 heteroatoms. The summed E-state index contributed by atoms with van der Waals surface area (Å²) in [5.41, 5.74) is 0.0526. The lowest BCUT2D eigenvalue weighted by Crippen LogP contribution is -2.35. The van der Waals surface area contributed by atoms with Crippen LogP contribution in [0.3, 0.4) is 0 Å². The van der Waals surface area contributed by atoms with Gasteiger partial charge in [0.2, 0.25) is 0 Å². The molecule has 2 heterocycles. The van der Waals surface area contributed by atoms with Crippen LogP contribution in [0.2, 0.25) is 0 Å². The minimum atomic E-state index is -0.495. The molecule has 0 saturated heterocycles. The molecule has 2 amide bonds. The zero-order chi connectivity index (χ0) is 15.1. The van der Waals surface area contributed by atoms with E-state index in [0.717, 1.165) is 0 Å². The van der Waals surface area contributed by atoms with E-state index < -0.39 is 5.91 Å². The van der Waals surface area contributed by atoms with E-state index in [9.17, 15) is 9.59 Å². The van der Waals surface area contributed by atoms with Crippen LogP contribution in [-0.4, -0.2) is 30.1 Å². The highest BCUT2D eigenvalue weighted by Crippen LogP contribution is 2.11. The van der Waals surface area contributed by atoms with E-state index in [1.165, 1.54) is 23.7 Å². The fourth-order valence-corrected chi connectivity index (χ4v) is 2.15. The van der Waals surface area contributed by atoms with Gasteiger partial charge < -0.3 is 20.2 Å². The Hall–Kier alpha value is -2.38. The Morgan fingerprint density at radius 1 is 1.33 bits per heavy atom. The molecule has 0 fully saturated rings. The van der Waals surface area contributed by atoms with E-state index in [4.69, 9.17) is 9.52 Å². The van der Waals surface area contributed by atoms with E-state index in [-0.39, 0.29) is 24.8 Å². The summed E-state index contributed by atoms with van der Waals surface area (Å²) in [6.45, 7) is -0.0815. The van der Waals surface area contributed by atoms with Gasteiger partial charge in [0.15, 0.2) is 0 Å². The smallest absolute Gasteiger partial charge is 0.268 e. The van der Waals surface area contributed by atoms with E-state index in [2.05, 4.69) is 10.6 Å². The minimum absolute atomic E-state index is 0.0526. The first-order valence-corrected chi connectivity index (χ1v) is 7.08. The van der Waals surface area contributed by atoms with Gasteiger partial charge in [0, 0.05) is 12.6 Å². The molecule has 0 aliphatic heterocycles. The second kappa shape index (κ2) is 7.41. The molecule has 21 heavy (non-hydrogen) atoms. The SMILES string of the molecule is O=C(NCCO)/C(=C/c1ccco1)NC(=O)c1cccs1. The molecule has 0 saturated carbocycles. The van der Waals surface area contributed by atoms with Gasteiger partial charge in [-0.2, -0.15) is 0 Å². The highest BCUT2D eigenvalue weighted by molar-refractivity contribution is 7.12. The van der Waals surface area contributed by atoms with Crippen LogP contribution in [0.1, 0.15) is 15.4 Å². The average molecular weight is 306 g/mol. The van der Waals surface area contributed by atoms with Crippen LogP contribution in [0.15, 0.2) is 46.0 Å². The number of aliphatic hydroxyl groups excluding tert-OH is 1. The Balaban J connectivity index is 2.15. The summed E-state index contributed by atoms with van der Waals surface area (Å²) in [6.07, 6.45) is 2.90. The second-order valence-corrected chi connectivity index (χ2v) is 4.93. The molecule has 0 unspecified atom stereocenters. The Labute approximate surface area is 125 Å². The van der Waals surface area contributed by atoms with Gasteiger partial charge in [-0.3, -0.25) is 9.59 Å². The molecule has 0 atom stereocenters. The first-order chi connectivity index (χ1) is 10.2. The predicted octanol–water partition coefficient (Wildman–Crippen LogP) is 1.22. The van der Waals surface area contributed by atoms with E-state index in [1.54, 1.807) is 29.6 Å². The van der Waals surface area contributed by atoms with Crippen molar-refractivity contribution in [2.24, 2.45) is 0 Å². The Bertz CT molecular complexity index is 617. The van der Waals surface area contributed by atoms with Crippen LogP contribution in [0.5, 0.6) is 0 Å². The molecule has 0 aliphatic rings. The summed E-state index contributed by atoms with van der Waals surface area (Å²) in [7, 11) is 0. The lowest BCUT2D eigenvalue weighted by Gasteiger charge is -2.09. The largest absolute Gasteiger partial charge is 0.465 e. The summed E-state index contributed by atoms with van der Waals surface area (Å²) < 4.78 is 5.14. The Kier molecular flexibility index (Phi) is 5.30. The molecule has 0 spiro atoms. The standard InChI is InChI=1S/C14H14N2O4S/c17-6-5-15-13(18)11(9-10-3-1-7-20-10)16-14(19)12-4-2-8-21-12/h1-4,7-9,17H,5-6H2,(H,15,18)(H,16,19)/b11-9-. The number of furan rings is 1. The van der Waals surface area contributed by atoms with Gasteiger partial charge in [0.05, 0.1) is 17.7 Å². The van der Waals surface area contributed by atoms with E-state index in [0.29, 0.717) is 10.6 Å². The summed E-state index contributed by atoms with van der Waals surface area (Å²) in [5, 5.41) is 15.6. The Morgan fingerprint density at radius 2 is 2.19 bits per heavy atom. The van der Waals surface area contributed by atoms with Crippen molar-refractivity contribution in [1.82, 2.24) is 10.6 Å². The monoisotopic (exact) mass is 306 g/mol. The molecule has 110 valence electrons. The van der Waals surface area contributed by atoms with Crippen molar-refractivity contribution < 1.29 is 19.1 Å². The van der Waals surface area contributed by atoms with Crippen LogP contribution in [0.25, 0.3) is 6.08 Å². The van der Waals surface area contributed by atoms with Gasteiger partial charge in [-0.15, -0.1) is 11.3 Å². The maximum atomic E-state index is 12.0. The Morgan fingerprint density at radius 3 is 2.81 bits per heavy atom. The third-order valence-electron chi connectivity index (χ3n) is 2.46. The average Bonchev–Trinajstić information content (AvgIpc) is 3.16. The summed E-state index contributed by atoms with van der Waals surface area (Å²) >= 11 is 1.28. The van der Waals surface area contributed by atoms with Crippen molar-refractivity contribution >= 4 is 29.2 Å². The minimum Gasteiger partial charge on any atom is -0.465 e. The second-order valence-electron chi connectivity index (χ2n) is 3.98. The number of carbonyl (C=O) groups is 2. The third-order valence-corrected chi connectivity index (χ3v) is 3.33. The van der Waals surface area contributed by atoms with Crippen LogP contribution in [0, 0.1) is 0 Å². The number of thiophene rings is 1. The summed E-state index contributed by atoms with van der Waals surface area (Å²) in [4.78, 5) is 24.5. The first kappa shape index (κ1) is 15.0. The van der Waals surface area contributed by atoms with Crippen LogP contribution in [0.4, 0.5) is 0 Å². The maximum Gasteiger partial charge on any atom is 0.268 e. The number of aliphatic hydroxyl groups is 1. The number of amides is 2. The van der Waals surface area contributed by atoms with Crippen molar-refractivity contribution in [1.29, 1.82) is 0 Å². The lowest BCUT2D eigenvalue weighted by atomic mass is 10.3. The number of nitrogens with one attached hydrogen (secondary N) is 2. The zero-order valence-corrected chi connectivity index (χ0v) is 11.9. The van der Waals surface area contributed by atoms with Gasteiger partial charge in [-0.05, 0) is 23.6 Å². The molecule has 0 aromatic carbocycles. The number of hydrogen-bond donors (Lipinski definition) is 3. The molecule has 6 nitrogen and oxygen atoms in total. The number of rotatable bonds is 6. The molecular weight excluding hydrogens is 292 g/mol.